The van der Waals surface area contributed by atoms with Crippen LogP contribution < -0.4 is 16.2 Å². The summed E-state index contributed by atoms with van der Waals surface area (Å²) >= 11 is 0. The lowest BCUT2D eigenvalue weighted by Gasteiger charge is -2.33. The van der Waals surface area contributed by atoms with Crippen molar-refractivity contribution in [1.82, 2.24) is 19.1 Å². The normalized spacial score (nSPS) is 17.4. The number of benzene rings is 2. The Morgan fingerprint density at radius 2 is 1.72 bits per heavy atom. The zero-order valence-corrected chi connectivity index (χ0v) is 19.5. The van der Waals surface area contributed by atoms with E-state index in [2.05, 4.69) is 15.7 Å². The summed E-state index contributed by atoms with van der Waals surface area (Å²) < 4.78 is 45.6. The molecule has 0 fully saturated rings. The molecular formula is C25H23F3N6O2. The zero-order chi connectivity index (χ0) is 25.6. The van der Waals surface area contributed by atoms with E-state index in [4.69, 9.17) is 0 Å². The molecule has 11 heteroatoms. The molecule has 2 N–H and O–H groups in total. The lowest BCUT2D eigenvalue weighted by atomic mass is 9.97. The van der Waals surface area contributed by atoms with Crippen LogP contribution in [0.3, 0.4) is 0 Å². The first-order valence-corrected chi connectivity index (χ1v) is 11.3. The maximum atomic E-state index is 13.9. The van der Waals surface area contributed by atoms with Crippen molar-refractivity contribution in [1.29, 1.82) is 0 Å². The van der Waals surface area contributed by atoms with Gasteiger partial charge in [0.15, 0.2) is 11.7 Å². The van der Waals surface area contributed by atoms with Gasteiger partial charge in [-0.1, -0.05) is 48.5 Å². The number of alkyl halides is 3. The number of carbonyl (C=O) groups is 1. The van der Waals surface area contributed by atoms with Crippen molar-refractivity contribution in [3.63, 3.8) is 0 Å². The standard InChI is InChI=1S/C25H23F3N6O2/c1-15-22(24(36)34(32(15)2)17-11-7-4-8-12-17)30-23(35)19-14-21-29-18(16-9-5-3-6-10-16)13-20(25(26,27)28)33(21)31-19/h3-12,14,18,20,29H,13H2,1-2H3,(H,30,35)/t18-,20-/m0/s1. The molecule has 1 aliphatic rings. The van der Waals surface area contributed by atoms with Gasteiger partial charge in [-0.15, -0.1) is 0 Å². The Bertz CT molecular complexity index is 1470. The van der Waals surface area contributed by atoms with E-state index in [1.807, 2.05) is 6.07 Å². The SMILES string of the molecule is Cc1c(NC(=O)c2cc3n(n2)[C@H](C(F)(F)F)C[C@@H](c2ccccc2)N3)c(=O)n(-c2ccccc2)n1C. The molecule has 36 heavy (non-hydrogen) atoms. The lowest BCUT2D eigenvalue weighted by Crippen LogP contribution is -2.35. The molecular weight excluding hydrogens is 473 g/mol. The van der Waals surface area contributed by atoms with E-state index < -0.39 is 29.7 Å². The molecule has 0 aliphatic carbocycles. The number of nitrogens with one attached hydrogen (secondary N) is 2. The maximum absolute atomic E-state index is 13.9. The van der Waals surface area contributed by atoms with Gasteiger partial charge in [0.1, 0.15) is 11.5 Å². The third kappa shape index (κ3) is 4.06. The van der Waals surface area contributed by atoms with Gasteiger partial charge in [0.25, 0.3) is 11.5 Å². The number of para-hydroxylation sites is 1. The third-order valence-corrected chi connectivity index (χ3v) is 6.42. The van der Waals surface area contributed by atoms with Crippen molar-refractivity contribution >= 4 is 17.4 Å². The predicted octanol–water partition coefficient (Wildman–Crippen LogP) is 4.59. The van der Waals surface area contributed by atoms with Gasteiger partial charge in [0.05, 0.1) is 17.4 Å². The Morgan fingerprint density at radius 1 is 1.08 bits per heavy atom. The molecule has 186 valence electrons. The van der Waals surface area contributed by atoms with E-state index in [1.165, 1.54) is 10.7 Å². The van der Waals surface area contributed by atoms with Crippen LogP contribution in [0.2, 0.25) is 0 Å². The van der Waals surface area contributed by atoms with Crippen LogP contribution in [0.5, 0.6) is 0 Å². The molecule has 1 aliphatic heterocycles. The van der Waals surface area contributed by atoms with Gasteiger partial charge in [-0.25, -0.2) is 9.36 Å². The Hall–Kier alpha value is -4.28. The molecule has 0 radical (unpaired) electrons. The fourth-order valence-electron chi connectivity index (χ4n) is 4.48. The first kappa shape index (κ1) is 23.5. The minimum atomic E-state index is -4.57. The van der Waals surface area contributed by atoms with Crippen LogP contribution in [0.1, 0.15) is 40.3 Å². The van der Waals surface area contributed by atoms with E-state index in [0.29, 0.717) is 16.9 Å². The Morgan fingerprint density at radius 3 is 2.36 bits per heavy atom. The summed E-state index contributed by atoms with van der Waals surface area (Å²) in [6, 6.07) is 16.5. The first-order chi connectivity index (χ1) is 17.1. The van der Waals surface area contributed by atoms with Crippen molar-refractivity contribution in [2.45, 2.75) is 31.6 Å². The summed E-state index contributed by atoms with van der Waals surface area (Å²) in [5, 5.41) is 9.59. The molecule has 0 spiro atoms. The highest BCUT2D eigenvalue weighted by Crippen LogP contribution is 2.43. The second-order valence-corrected chi connectivity index (χ2v) is 8.65. The number of carbonyl (C=O) groups excluding carboxylic acids is 1. The topological polar surface area (TPSA) is 85.9 Å². The van der Waals surface area contributed by atoms with E-state index in [0.717, 1.165) is 4.68 Å². The van der Waals surface area contributed by atoms with Crippen LogP contribution in [0.15, 0.2) is 71.5 Å². The molecule has 0 saturated carbocycles. The summed E-state index contributed by atoms with van der Waals surface area (Å²) in [7, 11) is 1.68. The second kappa shape index (κ2) is 8.74. The molecule has 3 heterocycles. The summed E-state index contributed by atoms with van der Waals surface area (Å²) in [5.41, 5.74) is 1.13. The molecule has 0 bridgehead atoms. The zero-order valence-electron chi connectivity index (χ0n) is 19.5. The van der Waals surface area contributed by atoms with E-state index in [9.17, 15) is 22.8 Å². The highest BCUT2D eigenvalue weighted by molar-refractivity contribution is 6.03. The van der Waals surface area contributed by atoms with Crippen LogP contribution in [-0.4, -0.2) is 31.2 Å². The Labute approximate surface area is 203 Å². The highest BCUT2D eigenvalue weighted by atomic mass is 19.4. The summed E-state index contributed by atoms with van der Waals surface area (Å²) in [6.07, 6.45) is -4.84. The minimum Gasteiger partial charge on any atom is -0.363 e. The Balaban J connectivity index is 1.47. The van der Waals surface area contributed by atoms with Crippen molar-refractivity contribution in [2.24, 2.45) is 7.05 Å². The summed E-state index contributed by atoms with van der Waals surface area (Å²) in [5.74, 6) is -0.698. The largest absolute Gasteiger partial charge is 0.410 e. The van der Waals surface area contributed by atoms with Gasteiger partial charge in [0.2, 0.25) is 0 Å². The number of nitrogens with zero attached hydrogens (tertiary/aromatic N) is 4. The number of halogens is 3. The van der Waals surface area contributed by atoms with E-state index >= 15 is 0 Å². The number of fused-ring (bicyclic) bond motifs is 1. The number of hydrogen-bond acceptors (Lipinski definition) is 4. The number of amides is 1. The molecule has 0 saturated heterocycles. The molecule has 1 amide bonds. The van der Waals surface area contributed by atoms with Crippen molar-refractivity contribution in [3.8, 4) is 5.69 Å². The van der Waals surface area contributed by atoms with Gasteiger partial charge in [0, 0.05) is 19.5 Å². The molecule has 4 aromatic rings. The Kier molecular flexibility index (Phi) is 5.70. The second-order valence-electron chi connectivity index (χ2n) is 8.65. The fraction of sp³-hybridized carbons (Fsp3) is 0.240. The molecule has 2 aromatic heterocycles. The van der Waals surface area contributed by atoms with Crippen LogP contribution >= 0.6 is 0 Å². The molecule has 2 aromatic carbocycles. The molecule has 0 unspecified atom stereocenters. The van der Waals surface area contributed by atoms with Gasteiger partial charge in [-0.3, -0.25) is 14.3 Å². The van der Waals surface area contributed by atoms with Crippen molar-refractivity contribution in [2.75, 3.05) is 10.6 Å². The molecule has 8 nitrogen and oxygen atoms in total. The van der Waals surface area contributed by atoms with Crippen LogP contribution in [0.4, 0.5) is 24.7 Å². The van der Waals surface area contributed by atoms with Crippen molar-refractivity contribution < 1.29 is 18.0 Å². The molecule has 2 atom stereocenters. The van der Waals surface area contributed by atoms with Crippen LogP contribution in [0.25, 0.3) is 5.69 Å². The minimum absolute atomic E-state index is 0.0276. The van der Waals surface area contributed by atoms with E-state index in [-0.39, 0.29) is 23.6 Å². The van der Waals surface area contributed by atoms with E-state index in [1.54, 1.807) is 73.3 Å². The van der Waals surface area contributed by atoms with Crippen LogP contribution in [-0.2, 0) is 7.05 Å². The average molecular weight is 496 g/mol. The number of anilines is 2. The number of hydrogen-bond donors (Lipinski definition) is 2. The monoisotopic (exact) mass is 496 g/mol. The predicted molar refractivity (Wildman–Crippen MR) is 128 cm³/mol. The van der Waals surface area contributed by atoms with Crippen LogP contribution in [0, 0.1) is 6.92 Å². The highest BCUT2D eigenvalue weighted by Gasteiger charge is 2.46. The van der Waals surface area contributed by atoms with Crippen molar-refractivity contribution in [3.05, 3.63) is 94.0 Å². The smallest absolute Gasteiger partial charge is 0.363 e. The fourth-order valence-corrected chi connectivity index (χ4v) is 4.48. The van der Waals surface area contributed by atoms with Gasteiger partial charge >= 0.3 is 6.18 Å². The number of rotatable bonds is 4. The van der Waals surface area contributed by atoms with Gasteiger partial charge in [-0.2, -0.15) is 18.3 Å². The quantitative estimate of drug-likeness (QED) is 0.433. The summed E-state index contributed by atoms with van der Waals surface area (Å²) in [6.45, 7) is 1.67. The maximum Gasteiger partial charge on any atom is 0.410 e. The number of aromatic nitrogens is 4. The average Bonchev–Trinajstić information content (AvgIpc) is 3.39. The summed E-state index contributed by atoms with van der Waals surface area (Å²) in [4.78, 5) is 26.1. The third-order valence-electron chi connectivity index (χ3n) is 6.42. The van der Waals surface area contributed by atoms with Gasteiger partial charge < -0.3 is 10.6 Å². The lowest BCUT2D eigenvalue weighted by molar-refractivity contribution is -0.173. The van der Waals surface area contributed by atoms with Gasteiger partial charge in [-0.05, 0) is 24.6 Å². The first-order valence-electron chi connectivity index (χ1n) is 11.3. The molecule has 5 rings (SSSR count).